The maximum absolute atomic E-state index is 13.3. The van der Waals surface area contributed by atoms with E-state index in [0.717, 1.165) is 0 Å². The Balaban J connectivity index is 1.91. The molecule has 1 unspecified atom stereocenters. The minimum Gasteiger partial charge on any atom is -0.497 e. The van der Waals surface area contributed by atoms with Crippen molar-refractivity contribution in [3.63, 3.8) is 0 Å². The van der Waals surface area contributed by atoms with Crippen LogP contribution in [0.25, 0.3) is 0 Å². The van der Waals surface area contributed by atoms with Gasteiger partial charge in [-0.15, -0.1) is 0 Å². The zero-order valence-electron chi connectivity index (χ0n) is 17.7. The van der Waals surface area contributed by atoms with Crippen LogP contribution in [0.3, 0.4) is 0 Å². The molecule has 1 fully saturated rings. The van der Waals surface area contributed by atoms with Gasteiger partial charge in [-0.05, 0) is 18.2 Å². The van der Waals surface area contributed by atoms with Gasteiger partial charge in [0.15, 0.2) is 0 Å². The van der Waals surface area contributed by atoms with Gasteiger partial charge in [-0.1, -0.05) is 24.3 Å². The molecule has 170 valence electrons. The standard InChI is InChI=1S/C22H24N2O7S/c1-29-15-7-8-19(30-2)20(13-15)32(27,28)23-18-14-21-22(26,17-6-4-3-5-16(17)18)31-12-10-24(21)9-11-25/h3-8,13-14,25-26H,9-12H2,1-2H3/b23-18-. The smallest absolute Gasteiger partial charge is 0.286 e. The molecular weight excluding hydrogens is 436 g/mol. The molecule has 0 saturated carbocycles. The SMILES string of the molecule is COc1ccc(OC)c(S(=O)(=O)/N=C2/C=C3N(CCO)CCOC3(O)c3ccccc32)c1. The van der Waals surface area contributed by atoms with Crippen molar-refractivity contribution in [1.29, 1.82) is 0 Å². The summed E-state index contributed by atoms with van der Waals surface area (Å²) >= 11 is 0. The topological polar surface area (TPSA) is 118 Å². The van der Waals surface area contributed by atoms with Crippen molar-refractivity contribution < 1.29 is 32.8 Å². The monoisotopic (exact) mass is 460 g/mol. The summed E-state index contributed by atoms with van der Waals surface area (Å²) in [4.78, 5) is 1.61. The summed E-state index contributed by atoms with van der Waals surface area (Å²) in [7, 11) is -1.41. The lowest BCUT2D eigenvalue weighted by Crippen LogP contribution is -2.50. The first-order chi connectivity index (χ1) is 15.3. The van der Waals surface area contributed by atoms with Gasteiger partial charge in [0.1, 0.15) is 16.4 Å². The van der Waals surface area contributed by atoms with Crippen LogP contribution >= 0.6 is 0 Å². The van der Waals surface area contributed by atoms with Gasteiger partial charge in [0.2, 0.25) is 5.79 Å². The van der Waals surface area contributed by atoms with Crippen molar-refractivity contribution in [3.8, 4) is 11.5 Å². The third-order valence-corrected chi connectivity index (χ3v) is 6.75. The molecule has 2 aliphatic rings. The minimum atomic E-state index is -4.22. The van der Waals surface area contributed by atoms with E-state index in [2.05, 4.69) is 4.40 Å². The van der Waals surface area contributed by atoms with Crippen LogP contribution in [0.5, 0.6) is 11.5 Å². The largest absolute Gasteiger partial charge is 0.497 e. The summed E-state index contributed by atoms with van der Waals surface area (Å²) < 4.78 is 46.8. The minimum absolute atomic E-state index is 0.131. The Kier molecular flexibility index (Phi) is 5.95. The molecule has 1 saturated heterocycles. The summed E-state index contributed by atoms with van der Waals surface area (Å²) in [6.45, 7) is 0.790. The number of morpholine rings is 1. The third-order valence-electron chi connectivity index (χ3n) is 5.44. The quantitative estimate of drug-likeness (QED) is 0.661. The Bertz CT molecular complexity index is 1190. The van der Waals surface area contributed by atoms with Gasteiger partial charge in [0, 0.05) is 30.3 Å². The van der Waals surface area contributed by atoms with E-state index >= 15 is 0 Å². The second kappa shape index (κ2) is 8.55. The molecule has 4 rings (SSSR count). The first-order valence-corrected chi connectivity index (χ1v) is 11.4. The van der Waals surface area contributed by atoms with Crippen molar-refractivity contribution in [1.82, 2.24) is 4.90 Å². The number of aliphatic hydroxyl groups is 2. The normalized spacial score (nSPS) is 21.6. The van der Waals surface area contributed by atoms with E-state index < -0.39 is 15.8 Å². The average molecular weight is 461 g/mol. The van der Waals surface area contributed by atoms with Crippen LogP contribution in [0.2, 0.25) is 0 Å². The average Bonchev–Trinajstić information content (AvgIpc) is 2.80. The van der Waals surface area contributed by atoms with Crippen LogP contribution in [0.4, 0.5) is 0 Å². The number of benzene rings is 2. The number of methoxy groups -OCH3 is 2. The highest BCUT2D eigenvalue weighted by molar-refractivity contribution is 7.90. The van der Waals surface area contributed by atoms with Crippen LogP contribution in [0.15, 0.2) is 63.5 Å². The molecule has 10 heteroatoms. The third kappa shape index (κ3) is 3.75. The zero-order chi connectivity index (χ0) is 22.9. The maximum Gasteiger partial charge on any atom is 0.286 e. The molecule has 0 spiro atoms. The number of allylic oxidation sites excluding steroid dienone is 1. The summed E-state index contributed by atoms with van der Waals surface area (Å²) in [5.41, 5.74) is 1.27. The second-order valence-electron chi connectivity index (χ2n) is 7.25. The number of nitrogens with zero attached hydrogens (tertiary/aromatic N) is 2. The second-order valence-corrected chi connectivity index (χ2v) is 8.82. The lowest BCUT2D eigenvalue weighted by molar-refractivity contribution is -0.219. The summed E-state index contributed by atoms with van der Waals surface area (Å²) in [6.07, 6.45) is 1.49. The molecule has 0 aromatic heterocycles. The molecule has 0 bridgehead atoms. The highest BCUT2D eigenvalue weighted by atomic mass is 32.2. The molecule has 1 heterocycles. The first-order valence-electron chi connectivity index (χ1n) is 9.95. The van der Waals surface area contributed by atoms with Crippen molar-refractivity contribution in [2.75, 3.05) is 40.5 Å². The van der Waals surface area contributed by atoms with Crippen LogP contribution in [0.1, 0.15) is 11.1 Å². The Morgan fingerprint density at radius 1 is 1.19 bits per heavy atom. The van der Waals surface area contributed by atoms with Crippen molar-refractivity contribution in [3.05, 3.63) is 65.4 Å². The highest BCUT2D eigenvalue weighted by Crippen LogP contribution is 2.42. The van der Waals surface area contributed by atoms with Gasteiger partial charge < -0.3 is 29.3 Å². The Hall–Kier alpha value is -2.92. The number of rotatable bonds is 6. The van der Waals surface area contributed by atoms with Crippen LogP contribution in [-0.4, -0.2) is 69.8 Å². The van der Waals surface area contributed by atoms with Gasteiger partial charge in [0.05, 0.1) is 38.8 Å². The molecule has 1 aliphatic carbocycles. The number of hydrogen-bond acceptors (Lipinski definition) is 8. The van der Waals surface area contributed by atoms with Gasteiger partial charge in [-0.25, -0.2) is 0 Å². The van der Waals surface area contributed by atoms with E-state index in [0.29, 0.717) is 29.1 Å². The van der Waals surface area contributed by atoms with Crippen LogP contribution in [-0.2, 0) is 20.5 Å². The number of sulfonamides is 1. The molecule has 2 aromatic carbocycles. The van der Waals surface area contributed by atoms with Gasteiger partial charge >= 0.3 is 0 Å². The van der Waals surface area contributed by atoms with Gasteiger partial charge in [-0.3, -0.25) is 0 Å². The van der Waals surface area contributed by atoms with Crippen molar-refractivity contribution >= 4 is 15.7 Å². The summed E-state index contributed by atoms with van der Waals surface area (Å²) in [5.74, 6) is -1.29. The molecule has 9 nitrogen and oxygen atoms in total. The summed E-state index contributed by atoms with van der Waals surface area (Å²) in [6, 6.07) is 11.2. The number of fused-ring (bicyclic) bond motifs is 3. The Morgan fingerprint density at radius 2 is 1.97 bits per heavy atom. The fourth-order valence-corrected chi connectivity index (χ4v) is 5.10. The van der Waals surface area contributed by atoms with E-state index in [4.69, 9.17) is 14.2 Å². The number of ether oxygens (including phenoxy) is 3. The summed E-state index contributed by atoms with van der Waals surface area (Å²) in [5, 5.41) is 20.8. The highest BCUT2D eigenvalue weighted by Gasteiger charge is 2.46. The molecule has 0 amide bonds. The first kappa shape index (κ1) is 22.3. The fraction of sp³-hybridized carbons (Fsp3) is 0.318. The lowest BCUT2D eigenvalue weighted by Gasteiger charge is -2.45. The molecule has 32 heavy (non-hydrogen) atoms. The van der Waals surface area contributed by atoms with E-state index in [1.807, 2.05) is 0 Å². The predicted octanol–water partition coefficient (Wildman–Crippen LogP) is 1.25. The van der Waals surface area contributed by atoms with Gasteiger partial charge in [-0.2, -0.15) is 12.8 Å². The number of aliphatic hydroxyl groups excluding tert-OH is 1. The number of β-amino-alcohol motifs (C(OH)–C–C–N with tert-alkyl or cyclic N) is 1. The molecule has 2 N–H and O–H groups in total. The molecule has 1 atom stereocenters. The van der Waals surface area contributed by atoms with E-state index in [9.17, 15) is 18.6 Å². The van der Waals surface area contributed by atoms with Gasteiger partial charge in [0.25, 0.3) is 10.0 Å². The molecule has 1 aliphatic heterocycles. The van der Waals surface area contributed by atoms with Crippen molar-refractivity contribution in [2.24, 2.45) is 4.40 Å². The molecule has 0 radical (unpaired) electrons. The maximum atomic E-state index is 13.3. The Labute approximate surface area is 186 Å². The van der Waals surface area contributed by atoms with Crippen LogP contribution in [0, 0.1) is 0 Å². The van der Waals surface area contributed by atoms with Crippen LogP contribution < -0.4 is 9.47 Å². The van der Waals surface area contributed by atoms with E-state index in [1.54, 1.807) is 35.2 Å². The molecular formula is C22H24N2O7S. The fourth-order valence-electron chi connectivity index (χ4n) is 3.92. The predicted molar refractivity (Wildman–Crippen MR) is 116 cm³/mol. The Morgan fingerprint density at radius 3 is 2.69 bits per heavy atom. The van der Waals surface area contributed by atoms with Crippen molar-refractivity contribution in [2.45, 2.75) is 10.7 Å². The zero-order valence-corrected chi connectivity index (χ0v) is 18.5. The van der Waals surface area contributed by atoms with E-state index in [1.165, 1.54) is 32.4 Å². The lowest BCUT2D eigenvalue weighted by atomic mass is 9.86. The number of hydrogen-bond donors (Lipinski definition) is 2. The van der Waals surface area contributed by atoms with E-state index in [-0.39, 0.29) is 36.1 Å². The molecule has 2 aromatic rings.